The van der Waals surface area contributed by atoms with Crippen molar-refractivity contribution in [2.24, 2.45) is 0 Å². The first-order chi connectivity index (χ1) is 17.7. The third kappa shape index (κ3) is 5.34. The Bertz CT molecular complexity index is 1450. The molecule has 1 saturated heterocycles. The summed E-state index contributed by atoms with van der Waals surface area (Å²) in [5.41, 5.74) is 0.706. The van der Waals surface area contributed by atoms with E-state index in [2.05, 4.69) is 5.32 Å². The van der Waals surface area contributed by atoms with Gasteiger partial charge in [0.15, 0.2) is 0 Å². The van der Waals surface area contributed by atoms with E-state index in [-0.39, 0.29) is 23.0 Å². The number of halogens is 3. The SMILES string of the molecule is CC(Oc1ccc(Cc2c(-c3ccc(C(F)(F)F)cc3)c(=O)oc3cc(O)ccc23)cc1)C1CCCN1. The predicted octanol–water partition coefficient (Wildman–Crippen LogP) is 6.29. The highest BCUT2D eigenvalue weighted by Crippen LogP contribution is 2.34. The van der Waals surface area contributed by atoms with Crippen LogP contribution in [0.2, 0.25) is 0 Å². The molecule has 37 heavy (non-hydrogen) atoms. The minimum absolute atomic E-state index is 0.0231. The summed E-state index contributed by atoms with van der Waals surface area (Å²) in [4.78, 5) is 13.0. The predicted molar refractivity (Wildman–Crippen MR) is 135 cm³/mol. The molecule has 0 spiro atoms. The van der Waals surface area contributed by atoms with Crippen LogP contribution in [0.5, 0.6) is 11.5 Å². The molecular weight excluding hydrogens is 483 g/mol. The number of rotatable bonds is 6. The molecule has 0 bridgehead atoms. The molecule has 8 heteroatoms. The van der Waals surface area contributed by atoms with Gasteiger partial charge >= 0.3 is 11.8 Å². The average molecular weight is 510 g/mol. The fourth-order valence-corrected chi connectivity index (χ4v) is 4.85. The molecule has 2 atom stereocenters. The number of fused-ring (bicyclic) bond motifs is 1. The number of alkyl halides is 3. The molecule has 2 N–H and O–H groups in total. The Balaban J connectivity index is 1.51. The van der Waals surface area contributed by atoms with Gasteiger partial charge in [-0.25, -0.2) is 4.79 Å². The molecule has 1 aliphatic rings. The van der Waals surface area contributed by atoms with Crippen LogP contribution in [0.3, 0.4) is 0 Å². The summed E-state index contributed by atoms with van der Waals surface area (Å²) in [6.45, 7) is 3.04. The van der Waals surface area contributed by atoms with Crippen LogP contribution < -0.4 is 15.7 Å². The lowest BCUT2D eigenvalue weighted by atomic mass is 9.93. The number of hydrogen-bond acceptors (Lipinski definition) is 5. The van der Waals surface area contributed by atoms with Gasteiger partial charge in [-0.2, -0.15) is 13.2 Å². The number of hydrogen-bond donors (Lipinski definition) is 2. The minimum Gasteiger partial charge on any atom is -0.508 e. The van der Waals surface area contributed by atoms with E-state index >= 15 is 0 Å². The summed E-state index contributed by atoms with van der Waals surface area (Å²) < 4.78 is 50.8. The Hall–Kier alpha value is -3.78. The molecule has 1 aromatic heterocycles. The first kappa shape index (κ1) is 24.9. The zero-order chi connectivity index (χ0) is 26.2. The zero-order valence-corrected chi connectivity index (χ0v) is 20.1. The van der Waals surface area contributed by atoms with E-state index in [1.807, 2.05) is 31.2 Å². The minimum atomic E-state index is -4.48. The fourth-order valence-electron chi connectivity index (χ4n) is 4.85. The van der Waals surface area contributed by atoms with Gasteiger partial charge < -0.3 is 19.6 Å². The van der Waals surface area contributed by atoms with Crippen LogP contribution in [0.25, 0.3) is 22.1 Å². The lowest BCUT2D eigenvalue weighted by Crippen LogP contribution is -2.36. The van der Waals surface area contributed by atoms with Crippen molar-refractivity contribution in [2.45, 2.75) is 44.5 Å². The summed E-state index contributed by atoms with van der Waals surface area (Å²) >= 11 is 0. The lowest BCUT2D eigenvalue weighted by molar-refractivity contribution is -0.137. The molecule has 2 unspecified atom stereocenters. The normalized spacial score (nSPS) is 16.7. The van der Waals surface area contributed by atoms with Gasteiger partial charge in [0.05, 0.1) is 11.1 Å². The molecule has 5 rings (SSSR count). The number of phenolic OH excluding ortho intramolecular Hbond substituents is 1. The molecule has 0 saturated carbocycles. The Labute approximate surface area is 211 Å². The molecule has 5 nitrogen and oxygen atoms in total. The summed E-state index contributed by atoms with van der Waals surface area (Å²) in [7, 11) is 0. The van der Waals surface area contributed by atoms with Crippen molar-refractivity contribution >= 4 is 11.0 Å². The van der Waals surface area contributed by atoms with E-state index in [4.69, 9.17) is 9.15 Å². The fraction of sp³-hybridized carbons (Fsp3) is 0.276. The average Bonchev–Trinajstić information content (AvgIpc) is 3.40. The van der Waals surface area contributed by atoms with Crippen LogP contribution in [0.4, 0.5) is 13.2 Å². The molecule has 192 valence electrons. The maximum atomic E-state index is 13.1. The molecular formula is C29H26F3NO4. The van der Waals surface area contributed by atoms with Gasteiger partial charge in [-0.05, 0) is 85.8 Å². The molecule has 0 radical (unpaired) electrons. The van der Waals surface area contributed by atoms with Crippen molar-refractivity contribution in [3.05, 3.63) is 93.8 Å². The maximum Gasteiger partial charge on any atom is 0.416 e. The van der Waals surface area contributed by atoms with E-state index in [1.165, 1.54) is 24.3 Å². The quantitative estimate of drug-likeness (QED) is 0.299. The van der Waals surface area contributed by atoms with E-state index < -0.39 is 17.4 Å². The van der Waals surface area contributed by atoms with Crippen LogP contribution in [-0.4, -0.2) is 23.8 Å². The highest BCUT2D eigenvalue weighted by molar-refractivity contribution is 5.88. The third-order valence-electron chi connectivity index (χ3n) is 6.79. The van der Waals surface area contributed by atoms with Crippen LogP contribution in [0.15, 0.2) is 75.9 Å². The second kappa shape index (κ2) is 9.94. The lowest BCUT2D eigenvalue weighted by Gasteiger charge is -2.21. The van der Waals surface area contributed by atoms with Crippen LogP contribution in [0.1, 0.15) is 36.5 Å². The highest BCUT2D eigenvalue weighted by atomic mass is 19.4. The topological polar surface area (TPSA) is 71.7 Å². The van der Waals surface area contributed by atoms with Gasteiger partial charge in [-0.3, -0.25) is 0 Å². The first-order valence-electron chi connectivity index (χ1n) is 12.1. The highest BCUT2D eigenvalue weighted by Gasteiger charge is 2.30. The molecule has 4 aromatic rings. The van der Waals surface area contributed by atoms with Crippen molar-refractivity contribution in [2.75, 3.05) is 6.54 Å². The largest absolute Gasteiger partial charge is 0.508 e. The summed E-state index contributed by atoms with van der Waals surface area (Å²) in [5.74, 6) is 0.673. The molecule has 0 amide bonds. The van der Waals surface area contributed by atoms with Crippen LogP contribution in [-0.2, 0) is 12.6 Å². The monoisotopic (exact) mass is 509 g/mol. The van der Waals surface area contributed by atoms with Crippen molar-refractivity contribution in [1.29, 1.82) is 0 Å². The molecule has 1 fully saturated rings. The van der Waals surface area contributed by atoms with Gasteiger partial charge in [-0.15, -0.1) is 0 Å². The second-order valence-corrected chi connectivity index (χ2v) is 9.35. The first-order valence-corrected chi connectivity index (χ1v) is 12.1. The Morgan fingerprint density at radius 1 is 1.08 bits per heavy atom. The molecule has 3 aromatic carbocycles. The van der Waals surface area contributed by atoms with E-state index in [9.17, 15) is 23.1 Å². The summed E-state index contributed by atoms with van der Waals surface area (Å²) in [5, 5.41) is 13.9. The van der Waals surface area contributed by atoms with E-state index in [1.54, 1.807) is 6.07 Å². The van der Waals surface area contributed by atoms with Crippen molar-refractivity contribution < 1.29 is 27.4 Å². The number of ether oxygens (including phenoxy) is 1. The molecule has 0 aliphatic carbocycles. The van der Waals surface area contributed by atoms with Gasteiger partial charge in [-0.1, -0.05) is 24.3 Å². The number of aromatic hydroxyl groups is 1. The van der Waals surface area contributed by atoms with Crippen LogP contribution in [0, 0.1) is 0 Å². The molecule has 1 aliphatic heterocycles. The Morgan fingerprint density at radius 3 is 2.46 bits per heavy atom. The number of phenols is 1. The maximum absolute atomic E-state index is 13.1. The van der Waals surface area contributed by atoms with E-state index in [0.717, 1.165) is 42.8 Å². The third-order valence-corrected chi connectivity index (χ3v) is 6.79. The van der Waals surface area contributed by atoms with E-state index in [0.29, 0.717) is 29.0 Å². The van der Waals surface area contributed by atoms with Gasteiger partial charge in [0.2, 0.25) is 0 Å². The van der Waals surface area contributed by atoms with Crippen LogP contribution >= 0.6 is 0 Å². The smallest absolute Gasteiger partial charge is 0.416 e. The summed E-state index contributed by atoms with van der Waals surface area (Å²) in [6, 6.07) is 16.8. The standard InChI is InChI=1S/C29H26F3NO4/c1-17(25-3-2-14-33-25)36-22-11-4-18(5-12-22)15-24-23-13-10-21(34)16-26(23)37-28(35)27(24)19-6-8-20(9-7-19)29(30,31)32/h4-13,16-17,25,33-34H,2-3,14-15H2,1H3. The Morgan fingerprint density at radius 2 is 1.81 bits per heavy atom. The number of nitrogens with one attached hydrogen (secondary N) is 1. The summed E-state index contributed by atoms with van der Waals surface area (Å²) in [6.07, 6.45) is -1.93. The van der Waals surface area contributed by atoms with Crippen molar-refractivity contribution in [3.63, 3.8) is 0 Å². The van der Waals surface area contributed by atoms with Crippen molar-refractivity contribution in [3.8, 4) is 22.6 Å². The zero-order valence-electron chi connectivity index (χ0n) is 20.1. The van der Waals surface area contributed by atoms with Crippen molar-refractivity contribution in [1.82, 2.24) is 5.32 Å². The second-order valence-electron chi connectivity index (χ2n) is 9.35. The Kier molecular flexibility index (Phi) is 6.69. The number of benzene rings is 3. The van der Waals surface area contributed by atoms with Gasteiger partial charge in [0.1, 0.15) is 23.2 Å². The van der Waals surface area contributed by atoms with Gasteiger partial charge in [0.25, 0.3) is 0 Å². The van der Waals surface area contributed by atoms with Gasteiger partial charge in [0, 0.05) is 17.5 Å². The molecule has 2 heterocycles.